The summed E-state index contributed by atoms with van der Waals surface area (Å²) in [6.07, 6.45) is 2.11. The molecule has 5 rings (SSSR count). The van der Waals surface area contributed by atoms with E-state index in [0.29, 0.717) is 11.4 Å². The van der Waals surface area contributed by atoms with E-state index in [9.17, 15) is 18.0 Å². The molecule has 3 aromatic rings. The van der Waals surface area contributed by atoms with Gasteiger partial charge in [-0.25, -0.2) is 13.1 Å². The number of imide groups is 1. The SMILES string of the molecule is O=C1CCC(=O)N1c1ccc(S(=O)(=O)N2CC(n3cc(COc4ccccc4)nn3)C2)cc1. The summed E-state index contributed by atoms with van der Waals surface area (Å²) in [7, 11) is -3.69. The number of carbonyl (C=O) groups is 2. The third-order valence-corrected chi connectivity index (χ3v) is 7.52. The van der Waals surface area contributed by atoms with Crippen LogP contribution in [0.15, 0.2) is 65.7 Å². The lowest BCUT2D eigenvalue weighted by Gasteiger charge is -2.37. The number of hydrogen-bond donors (Lipinski definition) is 0. The average molecular weight is 468 g/mol. The molecule has 2 aliphatic heterocycles. The van der Waals surface area contributed by atoms with E-state index >= 15 is 0 Å². The molecule has 10 nitrogen and oxygen atoms in total. The second-order valence-electron chi connectivity index (χ2n) is 7.88. The molecule has 0 N–H and O–H groups in total. The normalized spacial score (nSPS) is 17.4. The third kappa shape index (κ3) is 4.12. The largest absolute Gasteiger partial charge is 0.487 e. The summed E-state index contributed by atoms with van der Waals surface area (Å²) in [6, 6.07) is 15.1. The third-order valence-electron chi connectivity index (χ3n) is 5.67. The number of benzene rings is 2. The molecule has 2 saturated heterocycles. The number of rotatable bonds is 7. The highest BCUT2D eigenvalue weighted by Gasteiger charge is 2.38. The summed E-state index contributed by atoms with van der Waals surface area (Å²) in [5.41, 5.74) is 1.04. The molecule has 0 unspecified atom stereocenters. The van der Waals surface area contributed by atoms with Crippen LogP contribution in [0.4, 0.5) is 5.69 Å². The minimum atomic E-state index is -3.69. The molecule has 2 fully saturated rings. The van der Waals surface area contributed by atoms with Crippen LogP contribution in [0.2, 0.25) is 0 Å². The van der Waals surface area contributed by atoms with Gasteiger partial charge in [0.05, 0.1) is 22.8 Å². The lowest BCUT2D eigenvalue weighted by atomic mass is 10.2. The zero-order valence-electron chi connectivity index (χ0n) is 17.6. The van der Waals surface area contributed by atoms with Crippen molar-refractivity contribution in [2.75, 3.05) is 18.0 Å². The van der Waals surface area contributed by atoms with Gasteiger partial charge in [0.1, 0.15) is 18.1 Å². The first-order valence-electron chi connectivity index (χ1n) is 10.5. The molecule has 2 amide bonds. The molecule has 0 saturated carbocycles. The molecular weight excluding hydrogens is 446 g/mol. The van der Waals surface area contributed by atoms with Crippen molar-refractivity contribution in [3.05, 3.63) is 66.5 Å². The van der Waals surface area contributed by atoms with Gasteiger partial charge in [0.15, 0.2) is 0 Å². The Bertz CT molecular complexity index is 1270. The number of anilines is 1. The fourth-order valence-electron chi connectivity index (χ4n) is 3.79. The van der Waals surface area contributed by atoms with Crippen LogP contribution in [0, 0.1) is 0 Å². The second-order valence-corrected chi connectivity index (χ2v) is 9.82. The van der Waals surface area contributed by atoms with Crippen molar-refractivity contribution in [1.82, 2.24) is 19.3 Å². The van der Waals surface area contributed by atoms with Crippen molar-refractivity contribution >= 4 is 27.5 Å². The first-order chi connectivity index (χ1) is 15.9. The monoisotopic (exact) mass is 467 g/mol. The summed E-state index contributed by atoms with van der Waals surface area (Å²) in [6.45, 7) is 0.818. The van der Waals surface area contributed by atoms with Crippen molar-refractivity contribution in [2.45, 2.75) is 30.4 Å². The zero-order chi connectivity index (χ0) is 23.0. The second kappa shape index (κ2) is 8.41. The predicted octanol–water partition coefficient (Wildman–Crippen LogP) is 1.76. The fourth-order valence-corrected chi connectivity index (χ4v) is 5.31. The van der Waals surface area contributed by atoms with Gasteiger partial charge in [-0.1, -0.05) is 23.4 Å². The Balaban J connectivity index is 1.20. The van der Waals surface area contributed by atoms with Gasteiger partial charge in [-0.2, -0.15) is 4.31 Å². The zero-order valence-corrected chi connectivity index (χ0v) is 18.4. The van der Waals surface area contributed by atoms with E-state index in [-0.39, 0.29) is 55.3 Å². The van der Waals surface area contributed by atoms with Crippen LogP contribution in [0.1, 0.15) is 24.6 Å². The van der Waals surface area contributed by atoms with Crippen LogP contribution < -0.4 is 9.64 Å². The van der Waals surface area contributed by atoms with Gasteiger partial charge < -0.3 is 4.74 Å². The number of aromatic nitrogens is 3. The molecule has 1 aromatic heterocycles. The van der Waals surface area contributed by atoms with Gasteiger partial charge in [-0.05, 0) is 36.4 Å². The van der Waals surface area contributed by atoms with Gasteiger partial charge >= 0.3 is 0 Å². The average Bonchev–Trinajstić information content (AvgIpc) is 3.38. The summed E-state index contributed by atoms with van der Waals surface area (Å²) < 4.78 is 34.5. The molecule has 170 valence electrons. The summed E-state index contributed by atoms with van der Waals surface area (Å²) in [5, 5.41) is 8.20. The first-order valence-corrected chi connectivity index (χ1v) is 11.9. The Labute approximate surface area is 190 Å². The Hall–Kier alpha value is -3.57. The highest BCUT2D eigenvalue weighted by atomic mass is 32.2. The van der Waals surface area contributed by atoms with Crippen LogP contribution >= 0.6 is 0 Å². The van der Waals surface area contributed by atoms with Crippen molar-refractivity contribution in [3.8, 4) is 5.75 Å². The number of carbonyl (C=O) groups excluding carboxylic acids is 2. The summed E-state index contributed by atoms with van der Waals surface area (Å²) >= 11 is 0. The fraction of sp³-hybridized carbons (Fsp3) is 0.273. The summed E-state index contributed by atoms with van der Waals surface area (Å²) in [4.78, 5) is 25.0. The number of nitrogens with zero attached hydrogens (tertiary/aromatic N) is 5. The van der Waals surface area contributed by atoms with Crippen molar-refractivity contribution in [2.24, 2.45) is 0 Å². The van der Waals surface area contributed by atoms with Gasteiger partial charge in [0.2, 0.25) is 21.8 Å². The molecule has 0 aliphatic carbocycles. The van der Waals surface area contributed by atoms with E-state index in [1.54, 1.807) is 10.9 Å². The van der Waals surface area contributed by atoms with Gasteiger partial charge in [0.25, 0.3) is 0 Å². The van der Waals surface area contributed by atoms with E-state index in [4.69, 9.17) is 4.74 Å². The molecule has 33 heavy (non-hydrogen) atoms. The number of para-hydroxylation sites is 1. The molecule has 0 radical (unpaired) electrons. The van der Waals surface area contributed by atoms with Gasteiger partial charge in [-0.3, -0.25) is 14.5 Å². The molecule has 11 heteroatoms. The van der Waals surface area contributed by atoms with Crippen LogP contribution in [0.25, 0.3) is 0 Å². The standard InChI is InChI=1S/C22H21N5O5S/c28-21-10-11-22(29)27(21)17-6-8-20(9-7-17)33(30,31)25-13-18(14-25)26-12-16(23-24-26)15-32-19-4-2-1-3-5-19/h1-9,12,18H,10-11,13-15H2. The van der Waals surface area contributed by atoms with Crippen LogP contribution in [-0.4, -0.2) is 52.6 Å². The van der Waals surface area contributed by atoms with E-state index in [0.717, 1.165) is 10.6 Å². The van der Waals surface area contributed by atoms with E-state index in [2.05, 4.69) is 10.3 Å². The van der Waals surface area contributed by atoms with Gasteiger partial charge in [0, 0.05) is 25.9 Å². The molecule has 0 bridgehead atoms. The maximum Gasteiger partial charge on any atom is 0.243 e. The lowest BCUT2D eigenvalue weighted by Crippen LogP contribution is -2.50. The van der Waals surface area contributed by atoms with Crippen LogP contribution in [0.5, 0.6) is 5.75 Å². The van der Waals surface area contributed by atoms with Crippen LogP contribution in [-0.2, 0) is 26.2 Å². The first kappa shape index (κ1) is 21.3. The smallest absolute Gasteiger partial charge is 0.243 e. The maximum absolute atomic E-state index is 12.9. The molecule has 0 atom stereocenters. The van der Waals surface area contributed by atoms with E-state index in [1.165, 1.54) is 28.6 Å². The quantitative estimate of drug-likeness (QED) is 0.486. The number of hydrogen-bond acceptors (Lipinski definition) is 7. The van der Waals surface area contributed by atoms with E-state index < -0.39 is 10.0 Å². The minimum Gasteiger partial charge on any atom is -0.487 e. The number of sulfonamides is 1. The Morgan fingerprint density at radius 2 is 1.61 bits per heavy atom. The van der Waals surface area contributed by atoms with Crippen LogP contribution in [0.3, 0.4) is 0 Å². The number of amides is 2. The molecule has 2 aromatic carbocycles. The van der Waals surface area contributed by atoms with Gasteiger partial charge in [-0.15, -0.1) is 5.10 Å². The highest BCUT2D eigenvalue weighted by Crippen LogP contribution is 2.30. The Morgan fingerprint density at radius 1 is 0.939 bits per heavy atom. The Morgan fingerprint density at radius 3 is 2.27 bits per heavy atom. The molecular formula is C22H21N5O5S. The molecule has 2 aliphatic rings. The topological polar surface area (TPSA) is 115 Å². The highest BCUT2D eigenvalue weighted by molar-refractivity contribution is 7.89. The Kier molecular flexibility index (Phi) is 5.43. The minimum absolute atomic E-state index is 0.110. The lowest BCUT2D eigenvalue weighted by molar-refractivity contribution is -0.121. The molecule has 0 spiro atoms. The van der Waals surface area contributed by atoms with Crippen molar-refractivity contribution in [1.29, 1.82) is 0 Å². The van der Waals surface area contributed by atoms with E-state index in [1.807, 2.05) is 30.3 Å². The van der Waals surface area contributed by atoms with Crippen molar-refractivity contribution in [3.63, 3.8) is 0 Å². The molecule has 3 heterocycles. The summed E-state index contributed by atoms with van der Waals surface area (Å²) in [5.74, 6) is 0.183. The maximum atomic E-state index is 12.9. The number of ether oxygens (including phenoxy) is 1. The van der Waals surface area contributed by atoms with Crippen molar-refractivity contribution < 1.29 is 22.7 Å². The predicted molar refractivity (Wildman–Crippen MR) is 117 cm³/mol.